The summed E-state index contributed by atoms with van der Waals surface area (Å²) in [5.74, 6) is 0. The summed E-state index contributed by atoms with van der Waals surface area (Å²) in [5, 5.41) is 7.53. The number of aromatic nitrogens is 2. The van der Waals surface area contributed by atoms with Crippen molar-refractivity contribution in [2.75, 3.05) is 25.6 Å². The highest BCUT2D eigenvalue weighted by atomic mass is 79.9. The molecular formula is C13H20BrN3O3. The van der Waals surface area contributed by atoms with E-state index in [1.165, 1.54) is 4.68 Å². The normalized spacial score (nSPS) is 22.8. The number of methoxy groups -OCH3 is 1. The molecule has 0 aromatic carbocycles. The van der Waals surface area contributed by atoms with Crippen LogP contribution in [0.2, 0.25) is 0 Å². The Morgan fingerprint density at radius 2 is 2.45 bits per heavy atom. The molecule has 112 valence electrons. The van der Waals surface area contributed by atoms with Crippen LogP contribution in [0.1, 0.15) is 19.8 Å². The van der Waals surface area contributed by atoms with Crippen molar-refractivity contribution in [2.24, 2.45) is 0 Å². The molecule has 2 unspecified atom stereocenters. The van der Waals surface area contributed by atoms with Gasteiger partial charge in [-0.1, -0.05) is 0 Å². The van der Waals surface area contributed by atoms with Gasteiger partial charge >= 0.3 is 0 Å². The molecule has 0 radical (unpaired) electrons. The van der Waals surface area contributed by atoms with Gasteiger partial charge < -0.3 is 14.8 Å². The Kier molecular flexibility index (Phi) is 5.56. The first-order valence-corrected chi connectivity index (χ1v) is 7.53. The van der Waals surface area contributed by atoms with Crippen molar-refractivity contribution < 1.29 is 9.47 Å². The number of hydrogen-bond donors (Lipinski definition) is 1. The Labute approximate surface area is 126 Å². The summed E-state index contributed by atoms with van der Waals surface area (Å²) in [6.45, 7) is 3.71. The van der Waals surface area contributed by atoms with Crippen LogP contribution in [-0.2, 0) is 16.0 Å². The van der Waals surface area contributed by atoms with Crippen molar-refractivity contribution in [1.82, 2.24) is 9.78 Å². The number of halogens is 1. The molecule has 2 rings (SSSR count). The van der Waals surface area contributed by atoms with Crippen molar-refractivity contribution in [3.63, 3.8) is 0 Å². The molecule has 1 aliphatic rings. The van der Waals surface area contributed by atoms with Gasteiger partial charge in [-0.2, -0.15) is 5.10 Å². The van der Waals surface area contributed by atoms with Gasteiger partial charge in [0.1, 0.15) is 4.47 Å². The monoisotopic (exact) mass is 345 g/mol. The third kappa shape index (κ3) is 3.80. The summed E-state index contributed by atoms with van der Waals surface area (Å²) in [6, 6.07) is 0.311. The lowest BCUT2D eigenvalue weighted by Gasteiger charge is -2.28. The third-order valence-corrected chi connectivity index (χ3v) is 4.10. The minimum Gasteiger partial charge on any atom is -0.383 e. The minimum absolute atomic E-state index is 0.146. The zero-order valence-corrected chi connectivity index (χ0v) is 13.4. The van der Waals surface area contributed by atoms with E-state index in [4.69, 9.17) is 9.47 Å². The van der Waals surface area contributed by atoms with Crippen LogP contribution in [0.3, 0.4) is 0 Å². The Balaban J connectivity index is 2.09. The van der Waals surface area contributed by atoms with Gasteiger partial charge in [0.15, 0.2) is 0 Å². The predicted octanol–water partition coefficient (Wildman–Crippen LogP) is 1.63. The lowest BCUT2D eigenvalue weighted by Crippen LogP contribution is -2.34. The average molecular weight is 346 g/mol. The van der Waals surface area contributed by atoms with E-state index in [1.54, 1.807) is 13.3 Å². The van der Waals surface area contributed by atoms with Crippen LogP contribution in [0.5, 0.6) is 0 Å². The van der Waals surface area contributed by atoms with E-state index >= 15 is 0 Å². The second kappa shape index (κ2) is 7.19. The van der Waals surface area contributed by atoms with Gasteiger partial charge in [-0.3, -0.25) is 4.79 Å². The van der Waals surface area contributed by atoms with Crippen LogP contribution in [0.4, 0.5) is 5.69 Å². The molecule has 1 aromatic rings. The molecule has 1 fully saturated rings. The second-order valence-corrected chi connectivity index (χ2v) is 5.73. The van der Waals surface area contributed by atoms with E-state index in [9.17, 15) is 4.79 Å². The van der Waals surface area contributed by atoms with Crippen molar-refractivity contribution in [3.8, 4) is 0 Å². The lowest BCUT2D eigenvalue weighted by atomic mass is 10.0. The van der Waals surface area contributed by atoms with Crippen molar-refractivity contribution in [2.45, 2.75) is 38.5 Å². The van der Waals surface area contributed by atoms with Gasteiger partial charge in [0.25, 0.3) is 5.56 Å². The molecule has 0 aliphatic carbocycles. The average Bonchev–Trinajstić information content (AvgIpc) is 2.43. The number of anilines is 1. The maximum absolute atomic E-state index is 12.1. The Morgan fingerprint density at radius 3 is 3.15 bits per heavy atom. The highest BCUT2D eigenvalue weighted by Crippen LogP contribution is 2.22. The first-order chi connectivity index (χ1) is 9.61. The van der Waals surface area contributed by atoms with Crippen molar-refractivity contribution in [3.05, 3.63) is 21.0 Å². The summed E-state index contributed by atoms with van der Waals surface area (Å²) in [7, 11) is 1.60. The highest BCUT2D eigenvalue weighted by molar-refractivity contribution is 9.10. The van der Waals surface area contributed by atoms with E-state index < -0.39 is 0 Å². The smallest absolute Gasteiger partial charge is 0.283 e. The molecule has 1 saturated heterocycles. The van der Waals surface area contributed by atoms with Crippen LogP contribution >= 0.6 is 15.9 Å². The molecule has 2 atom stereocenters. The maximum atomic E-state index is 12.1. The van der Waals surface area contributed by atoms with Gasteiger partial charge in [-0.05, 0) is 35.7 Å². The van der Waals surface area contributed by atoms with Crippen molar-refractivity contribution in [1.29, 1.82) is 0 Å². The zero-order valence-electron chi connectivity index (χ0n) is 11.8. The summed E-state index contributed by atoms with van der Waals surface area (Å²) in [4.78, 5) is 12.1. The highest BCUT2D eigenvalue weighted by Gasteiger charge is 2.20. The molecule has 1 aromatic heterocycles. The van der Waals surface area contributed by atoms with Gasteiger partial charge in [-0.25, -0.2) is 4.68 Å². The van der Waals surface area contributed by atoms with Crippen LogP contribution < -0.4 is 10.9 Å². The molecule has 1 aliphatic heterocycles. The quantitative estimate of drug-likeness (QED) is 0.878. The first kappa shape index (κ1) is 15.5. The van der Waals surface area contributed by atoms with Crippen LogP contribution in [-0.4, -0.2) is 42.2 Å². The fourth-order valence-corrected chi connectivity index (χ4v) is 2.67. The fraction of sp³-hybridized carbons (Fsp3) is 0.692. The van der Waals surface area contributed by atoms with E-state index in [-0.39, 0.29) is 11.7 Å². The van der Waals surface area contributed by atoms with Crippen LogP contribution in [0.25, 0.3) is 0 Å². The number of rotatable bonds is 5. The first-order valence-electron chi connectivity index (χ1n) is 6.74. The second-order valence-electron chi connectivity index (χ2n) is 4.94. The molecule has 6 nitrogen and oxygen atoms in total. The molecule has 0 amide bonds. The lowest BCUT2D eigenvalue weighted by molar-refractivity contribution is 0.0232. The molecule has 0 saturated carbocycles. The van der Waals surface area contributed by atoms with Crippen molar-refractivity contribution >= 4 is 21.6 Å². The Bertz CT molecular complexity index is 506. The summed E-state index contributed by atoms with van der Waals surface area (Å²) < 4.78 is 12.4. The molecule has 0 bridgehead atoms. The third-order valence-electron chi connectivity index (χ3n) is 3.34. The summed E-state index contributed by atoms with van der Waals surface area (Å²) in [6.07, 6.45) is 3.79. The number of ether oxygens (including phenoxy) is 2. The molecule has 7 heteroatoms. The van der Waals surface area contributed by atoms with Gasteiger partial charge in [0.2, 0.25) is 0 Å². The summed E-state index contributed by atoms with van der Waals surface area (Å²) in [5.41, 5.74) is 0.593. The van der Waals surface area contributed by atoms with Gasteiger partial charge in [-0.15, -0.1) is 0 Å². The number of hydrogen-bond acceptors (Lipinski definition) is 5. The van der Waals surface area contributed by atoms with E-state index in [0.29, 0.717) is 23.7 Å². The predicted molar refractivity (Wildman–Crippen MR) is 80.1 cm³/mol. The standard InChI is InChI=1S/C13H20BrN3O3/c1-9-7-10(3-5-20-9)16-11-8-15-17(4-6-19-2)13(18)12(11)14/h8-10,16H,3-7H2,1-2H3. The molecule has 20 heavy (non-hydrogen) atoms. The Hall–Kier alpha value is -0.920. The number of nitrogens with one attached hydrogen (secondary N) is 1. The molecular weight excluding hydrogens is 326 g/mol. The van der Waals surface area contributed by atoms with Gasteiger partial charge in [0.05, 0.1) is 31.1 Å². The SMILES string of the molecule is COCCn1ncc(NC2CCOC(C)C2)c(Br)c1=O. The van der Waals surface area contributed by atoms with E-state index in [2.05, 4.69) is 33.3 Å². The molecule has 0 spiro atoms. The summed E-state index contributed by atoms with van der Waals surface area (Å²) >= 11 is 3.36. The van der Waals surface area contributed by atoms with Crippen LogP contribution in [0, 0.1) is 0 Å². The van der Waals surface area contributed by atoms with Gasteiger partial charge in [0, 0.05) is 19.8 Å². The van der Waals surface area contributed by atoms with Crippen LogP contribution in [0.15, 0.2) is 15.5 Å². The fourth-order valence-electron chi connectivity index (χ4n) is 2.25. The van der Waals surface area contributed by atoms with E-state index in [0.717, 1.165) is 25.1 Å². The minimum atomic E-state index is -0.146. The molecule has 1 N–H and O–H groups in total. The Morgan fingerprint density at radius 1 is 1.65 bits per heavy atom. The number of nitrogens with zero attached hydrogens (tertiary/aromatic N) is 2. The maximum Gasteiger partial charge on any atom is 0.283 e. The zero-order chi connectivity index (χ0) is 14.5. The van der Waals surface area contributed by atoms with E-state index in [1.807, 2.05) is 0 Å². The largest absolute Gasteiger partial charge is 0.383 e. The topological polar surface area (TPSA) is 65.4 Å². The molecule has 2 heterocycles.